The molecule has 2 N–H and O–H groups in total. The fourth-order valence-electron chi connectivity index (χ4n) is 7.59. The average molecular weight is 974 g/mol. The van der Waals surface area contributed by atoms with Crippen molar-refractivity contribution < 1.29 is 37.3 Å². The van der Waals surface area contributed by atoms with Gasteiger partial charge in [-0.1, -0.05) is 203 Å². The van der Waals surface area contributed by atoms with Crippen LogP contribution in [0.25, 0.3) is 0 Å². The van der Waals surface area contributed by atoms with Crippen molar-refractivity contribution in [1.82, 2.24) is 5.32 Å². The van der Waals surface area contributed by atoms with E-state index >= 15 is 0 Å². The summed E-state index contributed by atoms with van der Waals surface area (Å²) in [6.07, 6.45) is 60.3. The Morgan fingerprint density at radius 3 is 1.53 bits per heavy atom. The molecule has 0 saturated carbocycles. The minimum absolute atomic E-state index is 0.0327. The number of allylic oxidation sites excluding steroid dienone is 11. The number of nitrogens with zero attached hydrogens (tertiary/aromatic N) is 1. The number of phosphoric acid groups is 1. The molecule has 0 radical (unpaired) electrons. The molecule has 3 unspecified atom stereocenters. The zero-order valence-corrected chi connectivity index (χ0v) is 45.7. The maximum absolute atomic E-state index is 13.5. The third-order valence-corrected chi connectivity index (χ3v) is 12.9. The molecule has 3 atom stereocenters. The molecular formula is C58H106N2O7P+. The van der Waals surface area contributed by atoms with Crippen LogP contribution in [0.5, 0.6) is 0 Å². The second kappa shape index (κ2) is 48.1. The molecular weight excluding hydrogens is 868 g/mol. The number of hydrogen-bond donors (Lipinski definition) is 2. The molecule has 9 nitrogen and oxygen atoms in total. The van der Waals surface area contributed by atoms with Gasteiger partial charge in [-0.15, -0.1) is 0 Å². The lowest BCUT2D eigenvalue weighted by atomic mass is 10.1. The van der Waals surface area contributed by atoms with Gasteiger partial charge in [-0.05, 0) is 89.5 Å². The molecule has 0 aliphatic rings. The maximum Gasteiger partial charge on any atom is 0.472 e. The number of quaternary nitrogens is 1. The summed E-state index contributed by atoms with van der Waals surface area (Å²) in [7, 11) is 1.47. The van der Waals surface area contributed by atoms with Gasteiger partial charge in [0.2, 0.25) is 5.91 Å². The van der Waals surface area contributed by atoms with E-state index in [-0.39, 0.29) is 31.5 Å². The van der Waals surface area contributed by atoms with Crippen molar-refractivity contribution in [3.63, 3.8) is 0 Å². The van der Waals surface area contributed by atoms with Gasteiger partial charge in [0.05, 0.1) is 33.8 Å². The molecule has 0 heterocycles. The summed E-state index contributed by atoms with van der Waals surface area (Å²) < 4.78 is 30.5. The Morgan fingerprint density at radius 1 is 0.544 bits per heavy atom. The van der Waals surface area contributed by atoms with E-state index in [2.05, 4.69) is 86.8 Å². The van der Waals surface area contributed by atoms with E-state index in [9.17, 15) is 19.0 Å². The second-order valence-corrected chi connectivity index (χ2v) is 21.2. The first kappa shape index (κ1) is 65.5. The number of unbranched alkanes of at least 4 members (excludes halogenated alkanes) is 24. The van der Waals surface area contributed by atoms with Crippen LogP contribution in [0.1, 0.15) is 233 Å². The Hall–Kier alpha value is -2.55. The number of amides is 1. The molecule has 0 aliphatic heterocycles. The quantitative estimate of drug-likeness (QED) is 0.0156. The zero-order valence-electron chi connectivity index (χ0n) is 44.8. The molecule has 0 saturated heterocycles. The van der Waals surface area contributed by atoms with Crippen LogP contribution in [-0.2, 0) is 27.9 Å². The molecule has 0 bridgehead atoms. The first-order chi connectivity index (χ1) is 32.9. The Balaban J connectivity index is 5.39. The maximum atomic E-state index is 13.5. The van der Waals surface area contributed by atoms with Crippen LogP contribution < -0.4 is 5.32 Å². The number of ether oxygens (including phenoxy) is 1. The van der Waals surface area contributed by atoms with Crippen LogP contribution >= 0.6 is 7.82 Å². The highest BCUT2D eigenvalue weighted by molar-refractivity contribution is 7.47. The van der Waals surface area contributed by atoms with Gasteiger partial charge in [-0.2, -0.15) is 0 Å². The summed E-state index contributed by atoms with van der Waals surface area (Å²) in [5.41, 5.74) is 0. The largest absolute Gasteiger partial charge is 0.472 e. The summed E-state index contributed by atoms with van der Waals surface area (Å²) >= 11 is 0. The van der Waals surface area contributed by atoms with Crippen LogP contribution in [0.3, 0.4) is 0 Å². The molecule has 0 aromatic heterocycles. The summed E-state index contributed by atoms with van der Waals surface area (Å²) in [4.78, 5) is 37.5. The van der Waals surface area contributed by atoms with E-state index in [0.717, 1.165) is 116 Å². The van der Waals surface area contributed by atoms with Gasteiger partial charge in [-0.25, -0.2) is 4.57 Å². The number of nitrogens with one attached hydrogen (secondary N) is 1. The van der Waals surface area contributed by atoms with Crippen molar-refractivity contribution >= 4 is 19.7 Å². The van der Waals surface area contributed by atoms with Gasteiger partial charge in [0.25, 0.3) is 0 Å². The summed E-state index contributed by atoms with van der Waals surface area (Å²) in [5.74, 6) is -0.537. The number of hydrogen-bond acceptors (Lipinski definition) is 6. The molecule has 68 heavy (non-hydrogen) atoms. The van der Waals surface area contributed by atoms with Crippen LogP contribution in [0.2, 0.25) is 0 Å². The third kappa shape index (κ3) is 48.5. The van der Waals surface area contributed by atoms with Gasteiger partial charge in [0.15, 0.2) is 0 Å². The molecule has 1 amide bonds. The molecule has 0 aromatic rings. The minimum Gasteiger partial charge on any atom is -0.456 e. The lowest BCUT2D eigenvalue weighted by Crippen LogP contribution is -2.47. The first-order valence-corrected chi connectivity index (χ1v) is 29.3. The van der Waals surface area contributed by atoms with Gasteiger partial charge in [0.1, 0.15) is 19.3 Å². The lowest BCUT2D eigenvalue weighted by molar-refractivity contribution is -0.870. The van der Waals surface area contributed by atoms with Crippen molar-refractivity contribution in [2.75, 3.05) is 40.9 Å². The zero-order chi connectivity index (χ0) is 50.1. The molecule has 0 rings (SSSR count). The Morgan fingerprint density at radius 2 is 0.985 bits per heavy atom. The van der Waals surface area contributed by atoms with E-state index in [1.165, 1.54) is 83.5 Å². The predicted molar refractivity (Wildman–Crippen MR) is 291 cm³/mol. The lowest BCUT2D eigenvalue weighted by Gasteiger charge is -2.27. The average Bonchev–Trinajstić information content (AvgIpc) is 3.29. The van der Waals surface area contributed by atoms with Gasteiger partial charge in [0, 0.05) is 12.8 Å². The number of esters is 1. The molecule has 0 fully saturated rings. The minimum atomic E-state index is -4.45. The summed E-state index contributed by atoms with van der Waals surface area (Å²) in [6, 6.07) is -0.861. The third-order valence-electron chi connectivity index (χ3n) is 11.9. The summed E-state index contributed by atoms with van der Waals surface area (Å²) in [6.45, 7) is 6.83. The smallest absolute Gasteiger partial charge is 0.456 e. The number of carbonyl (C=O) groups excluding carboxylic acids is 2. The normalized spacial score (nSPS) is 14.4. The molecule has 0 spiro atoms. The molecule has 0 aliphatic carbocycles. The van der Waals surface area contributed by atoms with Crippen molar-refractivity contribution in [2.45, 2.75) is 245 Å². The van der Waals surface area contributed by atoms with Gasteiger partial charge < -0.3 is 19.4 Å². The van der Waals surface area contributed by atoms with Crippen LogP contribution in [0.15, 0.2) is 72.9 Å². The van der Waals surface area contributed by atoms with Crippen molar-refractivity contribution in [2.24, 2.45) is 0 Å². The number of carbonyl (C=O) groups is 2. The van der Waals surface area contributed by atoms with Crippen LogP contribution in [0, 0.1) is 0 Å². The second-order valence-electron chi connectivity index (χ2n) is 19.8. The number of phosphoric ester groups is 1. The Labute approximate surface area is 419 Å². The standard InChI is InChI=1S/C58H105N2O7P/c1-7-10-13-16-19-22-25-27-29-31-32-35-38-41-44-47-50-57(61)59-55(54-66-68(63,64)65-53-52-60(4,5)6)56(49-46-43-40-37-34-24-21-18-15-12-9-3)67-58(62)51-48-45-42-39-36-33-30-28-26-23-20-17-14-11-8-2/h10,13,19-20,22-23,26-29,46,49,55-56H,7-9,11-12,14-18,21,24-25,30-45,47-48,50-54H2,1-6H3,(H-,59,61,63,64)/p+1/b13-10+,22-19+,23-20+,28-26+,29-27+,49-46+. The fourth-order valence-corrected chi connectivity index (χ4v) is 8.33. The van der Waals surface area contributed by atoms with E-state index in [4.69, 9.17) is 13.8 Å². The van der Waals surface area contributed by atoms with E-state index in [0.29, 0.717) is 17.4 Å². The number of likely N-dealkylation sites (N-methyl/N-ethyl adjacent to an activating group) is 1. The SMILES string of the molecule is CC/C=C/C/C=C/C/C=C/CCCCCCCCC(=O)NC(COP(=O)(O)OCC[N+](C)(C)C)C(/C=C/CCCCCCCCCCC)OC(=O)CCCCCCCC/C=C/C=C/CCCCC. The van der Waals surface area contributed by atoms with Crippen LogP contribution in [0.4, 0.5) is 0 Å². The summed E-state index contributed by atoms with van der Waals surface area (Å²) in [5, 5.41) is 3.03. The van der Waals surface area contributed by atoms with Crippen molar-refractivity contribution in [3.05, 3.63) is 72.9 Å². The van der Waals surface area contributed by atoms with Gasteiger partial charge >= 0.3 is 13.8 Å². The molecule has 394 valence electrons. The molecule has 10 heteroatoms. The monoisotopic (exact) mass is 974 g/mol. The van der Waals surface area contributed by atoms with E-state index in [1.54, 1.807) is 0 Å². The van der Waals surface area contributed by atoms with Crippen molar-refractivity contribution in [3.8, 4) is 0 Å². The highest BCUT2D eigenvalue weighted by Gasteiger charge is 2.30. The molecule has 0 aromatic carbocycles. The first-order valence-electron chi connectivity index (χ1n) is 27.8. The highest BCUT2D eigenvalue weighted by atomic mass is 31.2. The number of rotatable bonds is 49. The Bertz CT molecular complexity index is 1400. The van der Waals surface area contributed by atoms with Gasteiger partial charge in [-0.3, -0.25) is 18.6 Å². The Kier molecular flexibility index (Phi) is 46.3. The highest BCUT2D eigenvalue weighted by Crippen LogP contribution is 2.43. The fraction of sp³-hybridized carbons (Fsp3) is 0.759. The van der Waals surface area contributed by atoms with Crippen LogP contribution in [-0.4, -0.2) is 74.3 Å². The van der Waals surface area contributed by atoms with Crippen molar-refractivity contribution in [1.29, 1.82) is 0 Å². The van der Waals surface area contributed by atoms with E-state index in [1.807, 2.05) is 33.3 Å². The predicted octanol–water partition coefficient (Wildman–Crippen LogP) is 16.5. The topological polar surface area (TPSA) is 111 Å². The van der Waals surface area contributed by atoms with E-state index < -0.39 is 20.0 Å².